The van der Waals surface area contributed by atoms with E-state index in [0.717, 1.165) is 26.2 Å². The van der Waals surface area contributed by atoms with Crippen molar-refractivity contribution in [1.82, 2.24) is 5.32 Å². The summed E-state index contributed by atoms with van der Waals surface area (Å²) in [4.78, 5) is 0. The predicted octanol–water partition coefficient (Wildman–Crippen LogP) is 3.14. The first-order valence-corrected chi connectivity index (χ1v) is 6.46. The second kappa shape index (κ2) is 6.41. The van der Waals surface area contributed by atoms with Gasteiger partial charge in [0.05, 0.1) is 13.2 Å². The molecule has 0 aromatic rings. The second-order valence-electron chi connectivity index (χ2n) is 6.08. The lowest BCUT2D eigenvalue weighted by Crippen LogP contribution is -2.30. The molecule has 0 aromatic heterocycles. The molecule has 94 valence electrons. The third kappa shape index (κ3) is 6.29. The lowest BCUT2D eigenvalue weighted by Gasteiger charge is -2.22. The molecule has 0 aromatic carbocycles. The summed E-state index contributed by atoms with van der Waals surface area (Å²) in [7, 11) is 0. The minimum Gasteiger partial charge on any atom is -0.377 e. The molecule has 0 aliphatic carbocycles. The van der Waals surface area contributed by atoms with Gasteiger partial charge in [0, 0.05) is 12.6 Å². The standard InChI is InChI=1S/C14H27NO/c1-12(7-8-14(2,3)4)15-10-13-6-5-9-16-11-13/h6,12,15H,5,7-11H2,1-4H3. The van der Waals surface area contributed by atoms with Crippen LogP contribution in [0.3, 0.4) is 0 Å². The van der Waals surface area contributed by atoms with Crippen molar-refractivity contribution < 1.29 is 4.74 Å². The van der Waals surface area contributed by atoms with Gasteiger partial charge in [0.1, 0.15) is 0 Å². The summed E-state index contributed by atoms with van der Waals surface area (Å²) in [6.45, 7) is 11.9. The first-order valence-electron chi connectivity index (χ1n) is 6.46. The summed E-state index contributed by atoms with van der Waals surface area (Å²) in [5, 5.41) is 3.58. The van der Waals surface area contributed by atoms with E-state index in [1.54, 1.807) is 0 Å². The van der Waals surface area contributed by atoms with Gasteiger partial charge in [-0.2, -0.15) is 0 Å². The Balaban J connectivity index is 2.14. The van der Waals surface area contributed by atoms with Crippen LogP contribution in [-0.4, -0.2) is 25.8 Å². The number of nitrogens with one attached hydrogen (secondary N) is 1. The molecule has 0 bridgehead atoms. The van der Waals surface area contributed by atoms with Crippen LogP contribution >= 0.6 is 0 Å². The Labute approximate surface area is 100 Å². The molecule has 1 aliphatic heterocycles. The Morgan fingerprint density at radius 1 is 1.44 bits per heavy atom. The Hall–Kier alpha value is -0.340. The van der Waals surface area contributed by atoms with Crippen LogP contribution in [0.15, 0.2) is 11.6 Å². The van der Waals surface area contributed by atoms with Gasteiger partial charge in [-0.15, -0.1) is 0 Å². The smallest absolute Gasteiger partial charge is 0.0689 e. The fourth-order valence-corrected chi connectivity index (χ4v) is 1.79. The van der Waals surface area contributed by atoms with Crippen LogP contribution in [0.1, 0.15) is 47.0 Å². The summed E-state index contributed by atoms with van der Waals surface area (Å²) in [5.41, 5.74) is 1.86. The van der Waals surface area contributed by atoms with E-state index in [0.29, 0.717) is 11.5 Å². The molecule has 0 radical (unpaired) electrons. The van der Waals surface area contributed by atoms with E-state index < -0.39 is 0 Å². The van der Waals surface area contributed by atoms with Crippen LogP contribution in [0.2, 0.25) is 0 Å². The third-order valence-corrected chi connectivity index (χ3v) is 2.99. The molecule has 0 fully saturated rings. The van der Waals surface area contributed by atoms with Crippen LogP contribution in [-0.2, 0) is 4.74 Å². The summed E-state index contributed by atoms with van der Waals surface area (Å²) in [6, 6.07) is 0.599. The molecular weight excluding hydrogens is 198 g/mol. The van der Waals surface area contributed by atoms with Crippen molar-refractivity contribution in [3.05, 3.63) is 11.6 Å². The highest BCUT2D eigenvalue weighted by Gasteiger charge is 2.12. The van der Waals surface area contributed by atoms with Crippen molar-refractivity contribution in [2.45, 2.75) is 53.0 Å². The number of rotatable bonds is 5. The average Bonchev–Trinajstić information content (AvgIpc) is 2.24. The molecular formula is C14H27NO. The van der Waals surface area contributed by atoms with Gasteiger partial charge in [0.2, 0.25) is 0 Å². The number of hydrogen-bond acceptors (Lipinski definition) is 2. The molecule has 1 atom stereocenters. The van der Waals surface area contributed by atoms with Crippen molar-refractivity contribution in [1.29, 1.82) is 0 Å². The lowest BCUT2D eigenvalue weighted by molar-refractivity contribution is 0.148. The lowest BCUT2D eigenvalue weighted by atomic mass is 9.89. The molecule has 0 saturated heterocycles. The van der Waals surface area contributed by atoms with E-state index in [1.807, 2.05) is 0 Å². The van der Waals surface area contributed by atoms with E-state index in [2.05, 4.69) is 39.1 Å². The molecule has 1 N–H and O–H groups in total. The third-order valence-electron chi connectivity index (χ3n) is 2.99. The molecule has 0 amide bonds. The first kappa shape index (κ1) is 13.7. The predicted molar refractivity (Wildman–Crippen MR) is 69.7 cm³/mol. The SMILES string of the molecule is CC(CCC(C)(C)C)NCC1=CCCOC1. The minimum absolute atomic E-state index is 0.448. The van der Waals surface area contributed by atoms with Gasteiger partial charge in [-0.3, -0.25) is 0 Å². The van der Waals surface area contributed by atoms with Gasteiger partial charge in [0.25, 0.3) is 0 Å². The Morgan fingerprint density at radius 2 is 2.19 bits per heavy atom. The summed E-state index contributed by atoms with van der Waals surface area (Å²) in [6.07, 6.45) is 5.91. The molecule has 2 heteroatoms. The van der Waals surface area contributed by atoms with Crippen molar-refractivity contribution >= 4 is 0 Å². The highest BCUT2D eigenvalue weighted by Crippen LogP contribution is 2.21. The maximum Gasteiger partial charge on any atom is 0.0689 e. The number of ether oxygens (including phenoxy) is 1. The monoisotopic (exact) mass is 225 g/mol. The largest absolute Gasteiger partial charge is 0.377 e. The van der Waals surface area contributed by atoms with Crippen LogP contribution in [0, 0.1) is 5.41 Å². The van der Waals surface area contributed by atoms with Gasteiger partial charge in [-0.1, -0.05) is 26.8 Å². The highest BCUT2D eigenvalue weighted by molar-refractivity contribution is 5.06. The molecule has 1 heterocycles. The Kier molecular flexibility index (Phi) is 5.50. The zero-order valence-electron chi connectivity index (χ0n) is 11.3. The second-order valence-corrected chi connectivity index (χ2v) is 6.08. The van der Waals surface area contributed by atoms with Crippen molar-refractivity contribution in [3.8, 4) is 0 Å². The fraction of sp³-hybridized carbons (Fsp3) is 0.857. The highest BCUT2D eigenvalue weighted by atomic mass is 16.5. The Bertz CT molecular complexity index is 227. The molecule has 1 aliphatic rings. The summed E-state index contributed by atoms with van der Waals surface area (Å²) >= 11 is 0. The molecule has 2 nitrogen and oxygen atoms in total. The zero-order chi connectivity index (χ0) is 12.0. The van der Waals surface area contributed by atoms with Gasteiger partial charge < -0.3 is 10.1 Å². The van der Waals surface area contributed by atoms with Gasteiger partial charge in [0.15, 0.2) is 0 Å². The maximum absolute atomic E-state index is 5.42. The normalized spacial score (nSPS) is 19.4. The van der Waals surface area contributed by atoms with Crippen molar-refractivity contribution in [2.75, 3.05) is 19.8 Å². The van der Waals surface area contributed by atoms with E-state index in [-0.39, 0.29) is 0 Å². The van der Waals surface area contributed by atoms with Crippen LogP contribution < -0.4 is 5.32 Å². The van der Waals surface area contributed by atoms with E-state index >= 15 is 0 Å². The molecule has 1 rings (SSSR count). The minimum atomic E-state index is 0.448. The van der Waals surface area contributed by atoms with Gasteiger partial charge >= 0.3 is 0 Å². The van der Waals surface area contributed by atoms with Gasteiger partial charge in [-0.05, 0) is 37.2 Å². The van der Waals surface area contributed by atoms with Crippen LogP contribution in [0.5, 0.6) is 0 Å². The summed E-state index contributed by atoms with van der Waals surface area (Å²) < 4.78 is 5.42. The summed E-state index contributed by atoms with van der Waals surface area (Å²) in [5.74, 6) is 0. The average molecular weight is 225 g/mol. The molecule has 16 heavy (non-hydrogen) atoms. The molecule has 0 spiro atoms. The van der Waals surface area contributed by atoms with Crippen LogP contribution in [0.25, 0.3) is 0 Å². The Morgan fingerprint density at radius 3 is 2.75 bits per heavy atom. The topological polar surface area (TPSA) is 21.3 Å². The molecule has 1 unspecified atom stereocenters. The van der Waals surface area contributed by atoms with E-state index in [4.69, 9.17) is 4.74 Å². The fourth-order valence-electron chi connectivity index (χ4n) is 1.79. The first-order chi connectivity index (χ1) is 7.47. The van der Waals surface area contributed by atoms with Crippen LogP contribution in [0.4, 0.5) is 0 Å². The van der Waals surface area contributed by atoms with Crippen molar-refractivity contribution in [2.24, 2.45) is 5.41 Å². The van der Waals surface area contributed by atoms with Crippen molar-refractivity contribution in [3.63, 3.8) is 0 Å². The number of hydrogen-bond donors (Lipinski definition) is 1. The molecule has 0 saturated carbocycles. The maximum atomic E-state index is 5.42. The van der Waals surface area contributed by atoms with Gasteiger partial charge in [-0.25, -0.2) is 0 Å². The van der Waals surface area contributed by atoms with E-state index in [9.17, 15) is 0 Å². The zero-order valence-corrected chi connectivity index (χ0v) is 11.3. The van der Waals surface area contributed by atoms with E-state index in [1.165, 1.54) is 18.4 Å². The quantitative estimate of drug-likeness (QED) is 0.726.